The van der Waals surface area contributed by atoms with Crippen LogP contribution in [-0.4, -0.2) is 23.7 Å². The van der Waals surface area contributed by atoms with Crippen LogP contribution in [0.25, 0.3) is 0 Å². The molecule has 1 amide bonds. The van der Waals surface area contributed by atoms with Crippen molar-refractivity contribution in [1.82, 2.24) is 5.32 Å². The molecule has 2 N–H and O–H groups in total. The number of amides is 1. The quantitative estimate of drug-likeness (QED) is 0.800. The van der Waals surface area contributed by atoms with Crippen molar-refractivity contribution in [2.75, 3.05) is 6.54 Å². The Morgan fingerprint density at radius 1 is 1.67 bits per heavy atom. The predicted molar refractivity (Wildman–Crippen MR) is 60.0 cm³/mol. The van der Waals surface area contributed by atoms with E-state index in [1.54, 1.807) is 6.07 Å². The van der Waals surface area contributed by atoms with Crippen LogP contribution in [0, 0.1) is 5.92 Å². The second kappa shape index (κ2) is 4.77. The zero-order chi connectivity index (χ0) is 10.7. The Hall–Kier alpha value is -0.870. The number of aliphatic hydroxyl groups is 1. The lowest BCUT2D eigenvalue weighted by atomic mass is 10.1. The van der Waals surface area contributed by atoms with E-state index >= 15 is 0 Å². The molecule has 1 aliphatic rings. The van der Waals surface area contributed by atoms with E-state index in [0.29, 0.717) is 24.4 Å². The summed E-state index contributed by atoms with van der Waals surface area (Å²) in [6, 6.07) is 1.80. The van der Waals surface area contributed by atoms with Crippen LogP contribution in [0.2, 0.25) is 0 Å². The highest BCUT2D eigenvalue weighted by Crippen LogP contribution is 2.33. The van der Waals surface area contributed by atoms with Crippen molar-refractivity contribution in [2.45, 2.75) is 25.4 Å². The smallest absolute Gasteiger partial charge is 0.252 e. The molecule has 1 aromatic heterocycles. The van der Waals surface area contributed by atoms with E-state index in [9.17, 15) is 9.90 Å². The fourth-order valence-corrected chi connectivity index (χ4v) is 2.18. The van der Waals surface area contributed by atoms with Gasteiger partial charge < -0.3 is 10.4 Å². The summed E-state index contributed by atoms with van der Waals surface area (Å²) in [6.45, 7) is 0.562. The summed E-state index contributed by atoms with van der Waals surface area (Å²) in [6.07, 6.45) is 2.72. The predicted octanol–water partition coefficient (Wildman–Crippen LogP) is 1.64. The maximum atomic E-state index is 11.5. The van der Waals surface area contributed by atoms with Gasteiger partial charge in [-0.25, -0.2) is 0 Å². The molecular formula is C11H15NO2S. The highest BCUT2D eigenvalue weighted by molar-refractivity contribution is 7.08. The van der Waals surface area contributed by atoms with Gasteiger partial charge in [-0.2, -0.15) is 11.3 Å². The Kier molecular flexibility index (Phi) is 3.38. The van der Waals surface area contributed by atoms with Crippen molar-refractivity contribution >= 4 is 17.2 Å². The Balaban J connectivity index is 1.67. The molecule has 1 aliphatic carbocycles. The van der Waals surface area contributed by atoms with E-state index in [2.05, 4.69) is 5.32 Å². The van der Waals surface area contributed by atoms with Crippen LogP contribution in [0.15, 0.2) is 16.8 Å². The Labute approximate surface area is 93.1 Å². The van der Waals surface area contributed by atoms with E-state index in [-0.39, 0.29) is 12.0 Å². The lowest BCUT2D eigenvalue weighted by molar-refractivity contribution is 0.0937. The second-order valence-corrected chi connectivity index (χ2v) is 4.74. The first-order chi connectivity index (χ1) is 7.27. The summed E-state index contributed by atoms with van der Waals surface area (Å²) < 4.78 is 0. The van der Waals surface area contributed by atoms with Crippen LogP contribution in [0.1, 0.15) is 29.6 Å². The number of rotatable bonds is 5. The minimum atomic E-state index is -0.229. The summed E-state index contributed by atoms with van der Waals surface area (Å²) in [4.78, 5) is 11.5. The van der Waals surface area contributed by atoms with E-state index < -0.39 is 0 Å². The summed E-state index contributed by atoms with van der Waals surface area (Å²) in [7, 11) is 0. The van der Waals surface area contributed by atoms with Crippen LogP contribution in [0.5, 0.6) is 0 Å². The van der Waals surface area contributed by atoms with Crippen molar-refractivity contribution in [3.63, 3.8) is 0 Å². The first-order valence-corrected chi connectivity index (χ1v) is 6.20. The van der Waals surface area contributed by atoms with Crippen molar-refractivity contribution in [3.8, 4) is 0 Å². The topological polar surface area (TPSA) is 49.3 Å². The lowest BCUT2D eigenvalue weighted by Crippen LogP contribution is -2.27. The standard InChI is InChI=1S/C11H15NO2S/c13-10(8-1-2-8)3-5-12-11(14)9-4-6-15-7-9/h4,6-8,10,13H,1-3,5H2,(H,12,14)/t10-/m0/s1. The molecule has 2 rings (SSSR count). The summed E-state index contributed by atoms with van der Waals surface area (Å²) in [5, 5.41) is 16.1. The van der Waals surface area contributed by atoms with Gasteiger partial charge in [0.15, 0.2) is 0 Å². The number of aliphatic hydroxyl groups excluding tert-OH is 1. The number of hydrogen-bond acceptors (Lipinski definition) is 3. The summed E-state index contributed by atoms with van der Waals surface area (Å²) >= 11 is 1.51. The highest BCUT2D eigenvalue weighted by Gasteiger charge is 2.29. The summed E-state index contributed by atoms with van der Waals surface area (Å²) in [5.74, 6) is 0.447. The van der Waals surface area contributed by atoms with Gasteiger partial charge in [0.2, 0.25) is 0 Å². The Morgan fingerprint density at radius 2 is 2.47 bits per heavy atom. The molecule has 15 heavy (non-hydrogen) atoms. The molecule has 82 valence electrons. The number of thiophene rings is 1. The zero-order valence-electron chi connectivity index (χ0n) is 8.48. The minimum Gasteiger partial charge on any atom is -0.393 e. The van der Waals surface area contributed by atoms with Gasteiger partial charge in [-0.1, -0.05) is 0 Å². The van der Waals surface area contributed by atoms with Crippen LogP contribution in [-0.2, 0) is 0 Å². The maximum absolute atomic E-state index is 11.5. The third-order valence-corrected chi connectivity index (χ3v) is 3.36. The van der Waals surface area contributed by atoms with Gasteiger partial charge in [-0.05, 0) is 36.6 Å². The van der Waals surface area contributed by atoms with Crippen molar-refractivity contribution in [3.05, 3.63) is 22.4 Å². The molecule has 0 spiro atoms. The average molecular weight is 225 g/mol. The van der Waals surface area contributed by atoms with E-state index in [0.717, 1.165) is 12.8 Å². The molecule has 1 aromatic rings. The molecule has 1 heterocycles. The maximum Gasteiger partial charge on any atom is 0.252 e. The largest absolute Gasteiger partial charge is 0.393 e. The fraction of sp³-hybridized carbons (Fsp3) is 0.545. The number of carbonyl (C=O) groups excluding carboxylic acids is 1. The normalized spacial score (nSPS) is 17.4. The Morgan fingerprint density at radius 3 is 3.07 bits per heavy atom. The van der Waals surface area contributed by atoms with Crippen LogP contribution in [0.4, 0.5) is 0 Å². The number of nitrogens with one attached hydrogen (secondary N) is 1. The van der Waals surface area contributed by atoms with E-state index in [1.807, 2.05) is 10.8 Å². The van der Waals surface area contributed by atoms with E-state index in [1.165, 1.54) is 11.3 Å². The van der Waals surface area contributed by atoms with Crippen molar-refractivity contribution < 1.29 is 9.90 Å². The molecule has 4 heteroatoms. The fourth-order valence-electron chi connectivity index (χ4n) is 1.55. The molecule has 0 saturated heterocycles. The van der Waals surface area contributed by atoms with Gasteiger partial charge >= 0.3 is 0 Å². The number of carbonyl (C=O) groups is 1. The van der Waals surface area contributed by atoms with Crippen molar-refractivity contribution in [2.24, 2.45) is 5.92 Å². The second-order valence-electron chi connectivity index (χ2n) is 3.96. The molecule has 1 fully saturated rings. The zero-order valence-corrected chi connectivity index (χ0v) is 9.30. The van der Waals surface area contributed by atoms with Gasteiger partial charge in [0, 0.05) is 17.5 Å². The lowest BCUT2D eigenvalue weighted by Gasteiger charge is -2.09. The first-order valence-electron chi connectivity index (χ1n) is 5.26. The van der Waals surface area contributed by atoms with Crippen molar-refractivity contribution in [1.29, 1.82) is 0 Å². The number of hydrogen-bond donors (Lipinski definition) is 2. The summed E-state index contributed by atoms with van der Waals surface area (Å²) in [5.41, 5.74) is 0.709. The molecule has 1 saturated carbocycles. The van der Waals surface area contributed by atoms with Gasteiger partial charge in [0.05, 0.1) is 6.10 Å². The third-order valence-electron chi connectivity index (χ3n) is 2.68. The molecule has 3 nitrogen and oxygen atoms in total. The average Bonchev–Trinajstić information content (AvgIpc) is 2.93. The third kappa shape index (κ3) is 3.04. The van der Waals surface area contributed by atoms with Gasteiger partial charge in [-0.15, -0.1) is 0 Å². The minimum absolute atomic E-state index is 0.0424. The Bertz CT molecular complexity index is 319. The molecule has 0 bridgehead atoms. The first kappa shape index (κ1) is 10.6. The molecule has 0 radical (unpaired) electrons. The molecular weight excluding hydrogens is 210 g/mol. The van der Waals surface area contributed by atoms with Crippen LogP contribution in [0.3, 0.4) is 0 Å². The van der Waals surface area contributed by atoms with E-state index in [4.69, 9.17) is 0 Å². The highest BCUT2D eigenvalue weighted by atomic mass is 32.1. The monoisotopic (exact) mass is 225 g/mol. The molecule has 0 aromatic carbocycles. The SMILES string of the molecule is O=C(NCC[C@H](O)C1CC1)c1ccsc1. The molecule has 0 aliphatic heterocycles. The van der Waals surface area contributed by atoms with Gasteiger partial charge in [-0.3, -0.25) is 4.79 Å². The molecule has 0 unspecified atom stereocenters. The van der Waals surface area contributed by atoms with Gasteiger partial charge in [0.1, 0.15) is 0 Å². The van der Waals surface area contributed by atoms with Crippen LogP contribution >= 0.6 is 11.3 Å². The van der Waals surface area contributed by atoms with Crippen LogP contribution < -0.4 is 5.32 Å². The molecule has 1 atom stereocenters. The van der Waals surface area contributed by atoms with Gasteiger partial charge in [0.25, 0.3) is 5.91 Å².